The van der Waals surface area contributed by atoms with Crippen molar-refractivity contribution in [2.75, 3.05) is 25.1 Å². The molecule has 0 spiro atoms. The molecule has 0 fully saturated rings. The molecule has 144 valence electrons. The number of rotatable bonds is 10. The van der Waals surface area contributed by atoms with Crippen molar-refractivity contribution in [1.29, 1.82) is 0 Å². The maximum absolute atomic E-state index is 12.2. The van der Waals surface area contributed by atoms with Crippen molar-refractivity contribution in [3.05, 3.63) is 48.0 Å². The maximum Gasteiger partial charge on any atom is 0.335 e. The standard InChI is InChI=1S/C20H23NO6/c1-3-11-26-18-10-5-14(20(23)24)12-17(18)21-19(22)13-27-16-8-6-15(7-9-16)25-4-2/h5-10,12H,3-4,11,13H2,1-2H3,(H,21,22)(H,23,24). The number of carboxylic acids is 1. The number of aromatic carboxylic acids is 1. The number of nitrogens with one attached hydrogen (secondary N) is 1. The van der Waals surface area contributed by atoms with Gasteiger partial charge in [0.25, 0.3) is 5.91 Å². The largest absolute Gasteiger partial charge is 0.494 e. The van der Waals surface area contributed by atoms with E-state index in [0.29, 0.717) is 30.4 Å². The second-order valence-electron chi connectivity index (χ2n) is 5.61. The lowest BCUT2D eigenvalue weighted by Gasteiger charge is -2.13. The number of carboxylic acid groups (broad SMARTS) is 1. The number of carbonyl (C=O) groups is 2. The lowest BCUT2D eigenvalue weighted by molar-refractivity contribution is -0.118. The highest BCUT2D eigenvalue weighted by Gasteiger charge is 2.13. The summed E-state index contributed by atoms with van der Waals surface area (Å²) in [5.41, 5.74) is 0.352. The van der Waals surface area contributed by atoms with Gasteiger partial charge in [0.15, 0.2) is 6.61 Å². The molecule has 0 atom stereocenters. The average molecular weight is 373 g/mol. The molecule has 0 heterocycles. The van der Waals surface area contributed by atoms with Crippen molar-refractivity contribution >= 4 is 17.6 Å². The smallest absolute Gasteiger partial charge is 0.335 e. The molecule has 0 radical (unpaired) electrons. The molecule has 1 amide bonds. The number of ether oxygens (including phenoxy) is 3. The van der Waals surface area contributed by atoms with Gasteiger partial charge in [-0.05, 0) is 55.8 Å². The second kappa shape index (κ2) is 10.1. The van der Waals surface area contributed by atoms with Crippen molar-refractivity contribution in [2.45, 2.75) is 20.3 Å². The van der Waals surface area contributed by atoms with Crippen LogP contribution in [0, 0.1) is 0 Å². The van der Waals surface area contributed by atoms with E-state index in [1.54, 1.807) is 24.3 Å². The molecule has 27 heavy (non-hydrogen) atoms. The number of hydrogen-bond acceptors (Lipinski definition) is 5. The van der Waals surface area contributed by atoms with E-state index in [1.807, 2.05) is 13.8 Å². The SMILES string of the molecule is CCCOc1ccc(C(=O)O)cc1NC(=O)COc1ccc(OCC)cc1. The highest BCUT2D eigenvalue weighted by atomic mass is 16.5. The Kier molecular flexibility index (Phi) is 7.49. The van der Waals surface area contributed by atoms with Crippen molar-refractivity contribution < 1.29 is 28.9 Å². The third-order valence-corrected chi connectivity index (χ3v) is 3.47. The van der Waals surface area contributed by atoms with Gasteiger partial charge in [0.2, 0.25) is 0 Å². The van der Waals surface area contributed by atoms with Gasteiger partial charge in [-0.2, -0.15) is 0 Å². The van der Waals surface area contributed by atoms with E-state index in [1.165, 1.54) is 18.2 Å². The molecule has 2 aromatic rings. The van der Waals surface area contributed by atoms with Crippen LogP contribution in [0.5, 0.6) is 17.2 Å². The monoisotopic (exact) mass is 373 g/mol. The van der Waals surface area contributed by atoms with Gasteiger partial charge in [0.1, 0.15) is 17.2 Å². The first-order valence-electron chi connectivity index (χ1n) is 8.69. The van der Waals surface area contributed by atoms with Crippen molar-refractivity contribution in [3.8, 4) is 17.2 Å². The van der Waals surface area contributed by atoms with E-state index in [4.69, 9.17) is 19.3 Å². The fraction of sp³-hybridized carbons (Fsp3) is 0.300. The zero-order valence-corrected chi connectivity index (χ0v) is 15.4. The minimum atomic E-state index is -1.09. The second-order valence-corrected chi connectivity index (χ2v) is 5.61. The summed E-state index contributed by atoms with van der Waals surface area (Å²) in [5.74, 6) is 0.148. The predicted octanol–water partition coefficient (Wildman–Crippen LogP) is 3.59. The molecule has 2 aromatic carbocycles. The molecule has 2 N–H and O–H groups in total. The molecule has 7 nitrogen and oxygen atoms in total. The molecule has 0 aliphatic heterocycles. The summed E-state index contributed by atoms with van der Waals surface area (Å²) < 4.78 is 16.4. The number of hydrogen-bond donors (Lipinski definition) is 2. The number of carbonyl (C=O) groups excluding carboxylic acids is 1. The Balaban J connectivity index is 2.00. The number of amides is 1. The molecule has 0 saturated heterocycles. The summed E-state index contributed by atoms with van der Waals surface area (Å²) in [7, 11) is 0. The Labute approximate surface area is 157 Å². The lowest BCUT2D eigenvalue weighted by Crippen LogP contribution is -2.21. The zero-order valence-electron chi connectivity index (χ0n) is 15.4. The Morgan fingerprint density at radius 1 is 0.963 bits per heavy atom. The van der Waals surface area contributed by atoms with Gasteiger partial charge in [-0.3, -0.25) is 4.79 Å². The third kappa shape index (κ3) is 6.22. The maximum atomic E-state index is 12.2. The molecular formula is C20H23NO6. The molecule has 2 rings (SSSR count). The third-order valence-electron chi connectivity index (χ3n) is 3.47. The van der Waals surface area contributed by atoms with Crippen LogP contribution in [-0.2, 0) is 4.79 Å². The highest BCUT2D eigenvalue weighted by molar-refractivity contribution is 5.96. The molecule has 0 bridgehead atoms. The topological polar surface area (TPSA) is 94.1 Å². The van der Waals surface area contributed by atoms with E-state index in [9.17, 15) is 9.59 Å². The molecule has 0 aromatic heterocycles. The summed E-state index contributed by atoms with van der Waals surface area (Å²) in [4.78, 5) is 23.4. The van der Waals surface area contributed by atoms with Gasteiger partial charge in [-0.15, -0.1) is 0 Å². The predicted molar refractivity (Wildman–Crippen MR) is 101 cm³/mol. The van der Waals surface area contributed by atoms with E-state index in [-0.39, 0.29) is 12.2 Å². The number of anilines is 1. The van der Waals surface area contributed by atoms with Crippen LogP contribution in [-0.4, -0.2) is 36.8 Å². The van der Waals surface area contributed by atoms with Crippen LogP contribution in [0.3, 0.4) is 0 Å². The first-order chi connectivity index (χ1) is 13.0. The molecular weight excluding hydrogens is 350 g/mol. The van der Waals surface area contributed by atoms with Crippen molar-refractivity contribution in [3.63, 3.8) is 0 Å². The number of benzene rings is 2. The summed E-state index contributed by atoms with van der Waals surface area (Å²) in [6.45, 7) is 4.65. The van der Waals surface area contributed by atoms with Crippen LogP contribution in [0.1, 0.15) is 30.6 Å². The summed E-state index contributed by atoms with van der Waals surface area (Å²) >= 11 is 0. The highest BCUT2D eigenvalue weighted by Crippen LogP contribution is 2.26. The summed E-state index contributed by atoms with van der Waals surface area (Å²) in [6, 6.07) is 11.2. The Morgan fingerprint density at radius 2 is 1.63 bits per heavy atom. The lowest BCUT2D eigenvalue weighted by atomic mass is 10.2. The molecule has 7 heteroatoms. The van der Waals surface area contributed by atoms with Crippen molar-refractivity contribution in [2.24, 2.45) is 0 Å². The Hall–Kier alpha value is -3.22. The van der Waals surface area contributed by atoms with Crippen LogP contribution in [0.4, 0.5) is 5.69 Å². The van der Waals surface area contributed by atoms with Gasteiger partial charge in [-0.25, -0.2) is 4.79 Å². The van der Waals surface area contributed by atoms with E-state index in [0.717, 1.165) is 12.2 Å². The van der Waals surface area contributed by atoms with Crippen LogP contribution in [0.2, 0.25) is 0 Å². The van der Waals surface area contributed by atoms with Crippen molar-refractivity contribution in [1.82, 2.24) is 0 Å². The Morgan fingerprint density at radius 3 is 2.22 bits per heavy atom. The first kappa shape index (κ1) is 20.1. The van der Waals surface area contributed by atoms with E-state index in [2.05, 4.69) is 5.32 Å². The van der Waals surface area contributed by atoms with Crippen LogP contribution in [0.15, 0.2) is 42.5 Å². The molecule has 0 unspecified atom stereocenters. The van der Waals surface area contributed by atoms with E-state index < -0.39 is 11.9 Å². The Bertz CT molecular complexity index is 773. The molecule has 0 aliphatic carbocycles. The van der Waals surface area contributed by atoms with E-state index >= 15 is 0 Å². The first-order valence-corrected chi connectivity index (χ1v) is 8.69. The van der Waals surface area contributed by atoms with Gasteiger partial charge in [-0.1, -0.05) is 6.92 Å². The van der Waals surface area contributed by atoms with Crippen LogP contribution >= 0.6 is 0 Å². The van der Waals surface area contributed by atoms with Gasteiger partial charge in [0, 0.05) is 0 Å². The van der Waals surface area contributed by atoms with Gasteiger partial charge in [0.05, 0.1) is 24.5 Å². The molecule has 0 aliphatic rings. The minimum absolute atomic E-state index is 0.0570. The minimum Gasteiger partial charge on any atom is -0.494 e. The van der Waals surface area contributed by atoms with Crippen LogP contribution < -0.4 is 19.5 Å². The summed E-state index contributed by atoms with van der Waals surface area (Å²) in [5, 5.41) is 11.8. The zero-order chi connectivity index (χ0) is 19.6. The molecule has 0 saturated carbocycles. The fourth-order valence-electron chi connectivity index (χ4n) is 2.23. The average Bonchev–Trinajstić information content (AvgIpc) is 2.66. The normalized spacial score (nSPS) is 10.1. The summed E-state index contributed by atoms with van der Waals surface area (Å²) in [6.07, 6.45) is 0.787. The quantitative estimate of drug-likeness (QED) is 0.661. The van der Waals surface area contributed by atoms with Crippen LogP contribution in [0.25, 0.3) is 0 Å². The van der Waals surface area contributed by atoms with Gasteiger partial charge >= 0.3 is 5.97 Å². The fourth-order valence-corrected chi connectivity index (χ4v) is 2.23. The van der Waals surface area contributed by atoms with Gasteiger partial charge < -0.3 is 24.6 Å².